The Labute approximate surface area is 130 Å². The molecule has 1 aromatic carbocycles. The lowest BCUT2D eigenvalue weighted by molar-refractivity contribution is -0.151. The van der Waals surface area contributed by atoms with E-state index in [2.05, 4.69) is 6.92 Å². The molecule has 0 aliphatic heterocycles. The van der Waals surface area contributed by atoms with Crippen LogP contribution in [0.5, 0.6) is 0 Å². The Morgan fingerprint density at radius 2 is 2.10 bits per heavy atom. The molecule has 0 aromatic heterocycles. The van der Waals surface area contributed by atoms with E-state index in [0.29, 0.717) is 29.3 Å². The van der Waals surface area contributed by atoms with Crippen LogP contribution in [0.25, 0.3) is 0 Å². The lowest BCUT2D eigenvalue weighted by Gasteiger charge is -2.37. The normalized spacial score (nSPS) is 25.8. The number of rotatable bonds is 5. The lowest BCUT2D eigenvalue weighted by Crippen LogP contribution is -2.37. The van der Waals surface area contributed by atoms with Gasteiger partial charge < -0.3 is 5.11 Å². The molecule has 2 nitrogen and oxygen atoms in total. The van der Waals surface area contributed by atoms with Crippen LogP contribution in [0.4, 0.5) is 4.39 Å². The van der Waals surface area contributed by atoms with Gasteiger partial charge in [0.15, 0.2) is 0 Å². The Morgan fingerprint density at radius 3 is 2.62 bits per heavy atom. The summed E-state index contributed by atoms with van der Waals surface area (Å²) in [6.07, 6.45) is 5.50. The molecule has 0 atom stereocenters. The largest absolute Gasteiger partial charge is 0.481 e. The monoisotopic (exact) mass is 312 g/mol. The second kappa shape index (κ2) is 6.78. The molecule has 1 aliphatic rings. The van der Waals surface area contributed by atoms with E-state index in [9.17, 15) is 14.3 Å². The van der Waals surface area contributed by atoms with E-state index < -0.39 is 17.2 Å². The van der Waals surface area contributed by atoms with Gasteiger partial charge in [-0.15, -0.1) is 0 Å². The van der Waals surface area contributed by atoms with Gasteiger partial charge in [-0.2, -0.15) is 0 Å². The van der Waals surface area contributed by atoms with Crippen molar-refractivity contribution in [2.75, 3.05) is 0 Å². The Morgan fingerprint density at radius 1 is 1.43 bits per heavy atom. The second-order valence-electron chi connectivity index (χ2n) is 6.19. The summed E-state index contributed by atoms with van der Waals surface area (Å²) in [6, 6.07) is 4.52. The molecule has 0 bridgehead atoms. The SMILES string of the molecule is CCCC1CCC(Cc2c(F)cccc2Cl)(C(=O)O)CC1. The van der Waals surface area contributed by atoms with Gasteiger partial charge in [0.1, 0.15) is 5.82 Å². The summed E-state index contributed by atoms with van der Waals surface area (Å²) < 4.78 is 14.0. The minimum atomic E-state index is -0.865. The molecule has 1 N–H and O–H groups in total. The van der Waals surface area contributed by atoms with Gasteiger partial charge in [-0.3, -0.25) is 4.79 Å². The van der Waals surface area contributed by atoms with Crippen LogP contribution < -0.4 is 0 Å². The molecule has 21 heavy (non-hydrogen) atoms. The van der Waals surface area contributed by atoms with Crippen molar-refractivity contribution in [2.24, 2.45) is 11.3 Å². The van der Waals surface area contributed by atoms with E-state index >= 15 is 0 Å². The maximum absolute atomic E-state index is 14.0. The first-order chi connectivity index (χ1) is 9.98. The summed E-state index contributed by atoms with van der Waals surface area (Å²) in [7, 11) is 0. The molecular weight excluding hydrogens is 291 g/mol. The van der Waals surface area contributed by atoms with Crippen molar-refractivity contribution in [3.05, 3.63) is 34.6 Å². The zero-order valence-corrected chi connectivity index (χ0v) is 13.1. The Hall–Kier alpha value is -1.09. The van der Waals surface area contributed by atoms with E-state index in [1.807, 2.05) is 0 Å². The molecule has 0 amide bonds. The number of benzene rings is 1. The van der Waals surface area contributed by atoms with E-state index in [4.69, 9.17) is 11.6 Å². The average Bonchev–Trinajstić information content (AvgIpc) is 2.45. The number of carboxylic acid groups (broad SMARTS) is 1. The minimum Gasteiger partial charge on any atom is -0.481 e. The molecule has 0 unspecified atom stereocenters. The molecule has 4 heteroatoms. The number of halogens is 2. The van der Waals surface area contributed by atoms with Crippen molar-refractivity contribution in [3.63, 3.8) is 0 Å². The Balaban J connectivity index is 2.19. The lowest BCUT2D eigenvalue weighted by atomic mass is 9.66. The summed E-state index contributed by atoms with van der Waals surface area (Å²) in [6.45, 7) is 2.15. The number of hydrogen-bond acceptors (Lipinski definition) is 1. The van der Waals surface area contributed by atoms with Crippen molar-refractivity contribution >= 4 is 17.6 Å². The molecular formula is C17H22ClFO2. The van der Waals surface area contributed by atoms with Gasteiger partial charge in [-0.1, -0.05) is 37.4 Å². The van der Waals surface area contributed by atoms with Gasteiger partial charge >= 0.3 is 5.97 Å². The predicted molar refractivity (Wildman–Crippen MR) is 82.0 cm³/mol. The third-order valence-electron chi connectivity index (χ3n) is 4.79. The summed E-state index contributed by atoms with van der Waals surface area (Å²) >= 11 is 6.06. The summed E-state index contributed by atoms with van der Waals surface area (Å²) in [4.78, 5) is 11.8. The van der Waals surface area contributed by atoms with Crippen LogP contribution in [-0.4, -0.2) is 11.1 Å². The first-order valence-electron chi connectivity index (χ1n) is 7.65. The highest BCUT2D eigenvalue weighted by Gasteiger charge is 2.42. The Kier molecular flexibility index (Phi) is 5.26. The van der Waals surface area contributed by atoms with Crippen LogP contribution in [0.3, 0.4) is 0 Å². The highest BCUT2D eigenvalue weighted by Crippen LogP contribution is 2.44. The average molecular weight is 313 g/mol. The van der Waals surface area contributed by atoms with Crippen molar-refractivity contribution in [1.29, 1.82) is 0 Å². The fraction of sp³-hybridized carbons (Fsp3) is 0.588. The first-order valence-corrected chi connectivity index (χ1v) is 8.02. The van der Waals surface area contributed by atoms with Crippen molar-refractivity contribution in [1.82, 2.24) is 0 Å². The fourth-order valence-electron chi connectivity index (χ4n) is 3.43. The quantitative estimate of drug-likeness (QED) is 0.823. The molecule has 2 rings (SSSR count). The fourth-order valence-corrected chi connectivity index (χ4v) is 3.66. The highest BCUT2D eigenvalue weighted by atomic mass is 35.5. The number of hydrogen-bond donors (Lipinski definition) is 1. The van der Waals surface area contributed by atoms with Gasteiger partial charge in [0.05, 0.1) is 5.41 Å². The molecule has 0 heterocycles. The standard InChI is InChI=1S/C17H22ClFO2/c1-2-4-12-7-9-17(10-8-12,16(20)21)11-13-14(18)5-3-6-15(13)19/h3,5-6,12H,2,4,7-11H2,1H3,(H,20,21). The number of carbonyl (C=O) groups is 1. The van der Waals surface area contributed by atoms with Gasteiger partial charge in [0, 0.05) is 10.6 Å². The van der Waals surface area contributed by atoms with Crippen LogP contribution in [0.15, 0.2) is 18.2 Å². The third kappa shape index (κ3) is 3.57. The molecule has 116 valence electrons. The van der Waals surface area contributed by atoms with E-state index in [1.165, 1.54) is 6.07 Å². The van der Waals surface area contributed by atoms with Crippen molar-refractivity contribution in [3.8, 4) is 0 Å². The van der Waals surface area contributed by atoms with Crippen molar-refractivity contribution < 1.29 is 14.3 Å². The van der Waals surface area contributed by atoms with E-state index in [-0.39, 0.29) is 6.42 Å². The van der Waals surface area contributed by atoms with Gasteiger partial charge in [-0.25, -0.2) is 4.39 Å². The van der Waals surface area contributed by atoms with Crippen molar-refractivity contribution in [2.45, 2.75) is 51.9 Å². The number of carboxylic acids is 1. The zero-order chi connectivity index (χ0) is 15.5. The summed E-state index contributed by atoms with van der Waals surface area (Å²) in [5.41, 5.74) is -0.522. The van der Waals surface area contributed by atoms with E-state index in [1.54, 1.807) is 12.1 Å². The smallest absolute Gasteiger partial charge is 0.309 e. The molecule has 0 radical (unpaired) electrons. The Bertz CT molecular complexity index is 487. The van der Waals surface area contributed by atoms with E-state index in [0.717, 1.165) is 25.7 Å². The maximum Gasteiger partial charge on any atom is 0.309 e. The minimum absolute atomic E-state index is 0.187. The molecule has 0 spiro atoms. The maximum atomic E-state index is 14.0. The van der Waals surface area contributed by atoms with Crippen LogP contribution in [0, 0.1) is 17.2 Å². The number of aliphatic carboxylic acids is 1. The van der Waals surface area contributed by atoms with Crippen LogP contribution in [-0.2, 0) is 11.2 Å². The predicted octanol–water partition coefficient (Wildman–Crippen LogP) is 5.08. The van der Waals surface area contributed by atoms with Gasteiger partial charge in [0.2, 0.25) is 0 Å². The van der Waals surface area contributed by atoms with Crippen LogP contribution in [0.2, 0.25) is 5.02 Å². The summed E-state index contributed by atoms with van der Waals surface area (Å²) in [5.74, 6) is -0.617. The second-order valence-corrected chi connectivity index (χ2v) is 6.60. The van der Waals surface area contributed by atoms with Crippen LogP contribution in [0.1, 0.15) is 51.0 Å². The molecule has 1 aromatic rings. The van der Waals surface area contributed by atoms with Gasteiger partial charge in [-0.05, 0) is 50.2 Å². The molecule has 1 fully saturated rings. The molecule has 1 saturated carbocycles. The molecule has 1 aliphatic carbocycles. The zero-order valence-electron chi connectivity index (χ0n) is 12.4. The molecule has 0 saturated heterocycles. The first kappa shape index (κ1) is 16.3. The topological polar surface area (TPSA) is 37.3 Å². The van der Waals surface area contributed by atoms with Gasteiger partial charge in [0.25, 0.3) is 0 Å². The third-order valence-corrected chi connectivity index (χ3v) is 5.14. The van der Waals surface area contributed by atoms with Crippen LogP contribution >= 0.6 is 11.6 Å². The summed E-state index contributed by atoms with van der Waals surface area (Å²) in [5, 5.41) is 10.0. The highest BCUT2D eigenvalue weighted by molar-refractivity contribution is 6.31.